The Balaban J connectivity index is 2.36. The number of unbranched alkanes of at least 4 members (excludes halogenated alkanes) is 2. The molecule has 4 atom stereocenters. The number of aliphatic imine (C=N–C) groups is 1. The number of nitrogens with two attached hydrogens (primary N) is 1. The van der Waals surface area contributed by atoms with Gasteiger partial charge in [0.05, 0.1) is 6.54 Å². The van der Waals surface area contributed by atoms with Gasteiger partial charge in [0, 0.05) is 20.0 Å². The van der Waals surface area contributed by atoms with Crippen molar-refractivity contribution in [1.82, 2.24) is 31.9 Å². The first-order valence-electron chi connectivity index (χ1n) is 14.7. The van der Waals surface area contributed by atoms with Crippen LogP contribution in [-0.2, 0) is 30.4 Å². The van der Waals surface area contributed by atoms with E-state index in [2.05, 4.69) is 36.9 Å². The van der Waals surface area contributed by atoms with Crippen LogP contribution in [0.1, 0.15) is 64.4 Å². The van der Waals surface area contributed by atoms with Crippen LogP contribution in [0.5, 0.6) is 0 Å². The fraction of sp³-hybridized carbons (Fsp3) is 0.586. The summed E-state index contributed by atoms with van der Waals surface area (Å²) in [6.45, 7) is 3.79. The predicted molar refractivity (Wildman–Crippen MR) is 160 cm³/mol. The van der Waals surface area contributed by atoms with Crippen LogP contribution in [0.3, 0.4) is 0 Å². The average Bonchev–Trinajstić information content (AvgIpc) is 2.99. The molecule has 0 bridgehead atoms. The summed E-state index contributed by atoms with van der Waals surface area (Å²) in [6.07, 6.45) is 3.96. The molecule has 1 aliphatic rings. The third-order valence-electron chi connectivity index (χ3n) is 6.98. The number of hydrogen-bond donors (Lipinski definition) is 7. The molecule has 13 heteroatoms. The molecule has 1 fully saturated rings. The molecule has 1 heterocycles. The van der Waals surface area contributed by atoms with Crippen LogP contribution < -0.4 is 37.6 Å². The molecule has 0 spiro atoms. The van der Waals surface area contributed by atoms with Crippen LogP contribution in [0, 0.1) is 0 Å². The van der Waals surface area contributed by atoms with Gasteiger partial charge in [-0.15, -0.1) is 0 Å². The number of nitrogens with one attached hydrogen (secondary N) is 6. The van der Waals surface area contributed by atoms with E-state index < -0.39 is 53.7 Å². The predicted octanol–water partition coefficient (Wildman–Crippen LogP) is -0.397. The van der Waals surface area contributed by atoms with Crippen molar-refractivity contribution in [3.05, 3.63) is 35.9 Å². The molecule has 8 N–H and O–H groups in total. The Labute approximate surface area is 247 Å². The summed E-state index contributed by atoms with van der Waals surface area (Å²) < 4.78 is 0. The largest absolute Gasteiger partial charge is 0.370 e. The van der Waals surface area contributed by atoms with E-state index in [0.717, 1.165) is 18.4 Å². The second kappa shape index (κ2) is 18.3. The molecular formula is C29H46N8O5. The number of benzene rings is 1. The summed E-state index contributed by atoms with van der Waals surface area (Å²) >= 11 is 0. The van der Waals surface area contributed by atoms with Crippen LogP contribution >= 0.6 is 0 Å². The standard InChI is InChI=1S/C29H46N8O5/c1-4-6-8-14-22-27(41)35-21(15-11-16-32-29(30)31-3)25(39)33-18-24(38)34-20(5-2)26(40)37-23(28(42)36-22)17-19-12-9-7-10-13-19/h7,9-10,12-13,20-23H,4-6,8,11,14-18H2,1-3H3,(H,33,39)(H,34,38)(H,35,41)(H,36,42)(H,37,40)(H3,30,31,32)/t20-,21-,22-,23+/m0/s1. The Bertz CT molecular complexity index is 1080. The van der Waals surface area contributed by atoms with Gasteiger partial charge in [0.2, 0.25) is 29.5 Å². The molecule has 1 aliphatic heterocycles. The van der Waals surface area contributed by atoms with Crippen molar-refractivity contribution in [3.8, 4) is 0 Å². The molecule has 0 radical (unpaired) electrons. The minimum Gasteiger partial charge on any atom is -0.370 e. The molecule has 1 saturated heterocycles. The zero-order valence-electron chi connectivity index (χ0n) is 24.8. The van der Waals surface area contributed by atoms with E-state index >= 15 is 0 Å². The molecule has 2 rings (SSSR count). The lowest BCUT2D eigenvalue weighted by Gasteiger charge is -2.26. The van der Waals surface area contributed by atoms with Gasteiger partial charge >= 0.3 is 0 Å². The first kappa shape index (κ1) is 34.0. The molecule has 13 nitrogen and oxygen atoms in total. The lowest BCUT2D eigenvalue weighted by atomic mass is 10.0. The van der Waals surface area contributed by atoms with Crippen molar-refractivity contribution in [1.29, 1.82) is 0 Å². The normalized spacial score (nSPS) is 22.9. The number of rotatable bonds is 11. The minimum absolute atomic E-state index is 0.186. The van der Waals surface area contributed by atoms with Gasteiger partial charge in [-0.1, -0.05) is 63.4 Å². The van der Waals surface area contributed by atoms with E-state index in [1.807, 2.05) is 37.3 Å². The summed E-state index contributed by atoms with van der Waals surface area (Å²) in [5.74, 6) is -2.45. The van der Waals surface area contributed by atoms with E-state index in [4.69, 9.17) is 5.73 Å². The van der Waals surface area contributed by atoms with Gasteiger partial charge in [-0.25, -0.2) is 0 Å². The highest BCUT2D eigenvalue weighted by Crippen LogP contribution is 2.09. The highest BCUT2D eigenvalue weighted by Gasteiger charge is 2.31. The third kappa shape index (κ3) is 11.8. The number of nitrogens with zero attached hydrogens (tertiary/aromatic N) is 1. The quantitative estimate of drug-likeness (QED) is 0.104. The Hall–Kier alpha value is -4.16. The van der Waals surface area contributed by atoms with Crippen molar-refractivity contribution in [3.63, 3.8) is 0 Å². The summed E-state index contributed by atoms with van der Waals surface area (Å²) in [5, 5.41) is 16.4. The van der Waals surface area contributed by atoms with E-state index in [1.54, 1.807) is 14.0 Å². The zero-order valence-corrected chi connectivity index (χ0v) is 24.8. The van der Waals surface area contributed by atoms with Crippen LogP contribution in [-0.4, -0.2) is 79.8 Å². The van der Waals surface area contributed by atoms with E-state index in [0.29, 0.717) is 25.8 Å². The highest BCUT2D eigenvalue weighted by atomic mass is 16.2. The summed E-state index contributed by atoms with van der Waals surface area (Å²) in [4.78, 5) is 69.8. The van der Waals surface area contributed by atoms with Crippen LogP contribution in [0.25, 0.3) is 0 Å². The molecule has 0 aliphatic carbocycles. The lowest BCUT2D eigenvalue weighted by molar-refractivity contribution is -0.134. The molecule has 232 valence electrons. The maximum Gasteiger partial charge on any atom is 0.243 e. The molecule has 1 aromatic rings. The Morgan fingerprint density at radius 1 is 0.810 bits per heavy atom. The number of amides is 5. The van der Waals surface area contributed by atoms with Crippen molar-refractivity contribution in [2.75, 3.05) is 20.1 Å². The highest BCUT2D eigenvalue weighted by molar-refractivity contribution is 5.97. The van der Waals surface area contributed by atoms with Gasteiger partial charge in [-0.05, 0) is 31.2 Å². The Kier molecular flexibility index (Phi) is 14.8. The topological polar surface area (TPSA) is 196 Å². The van der Waals surface area contributed by atoms with Crippen molar-refractivity contribution in [2.24, 2.45) is 10.7 Å². The van der Waals surface area contributed by atoms with E-state index in [-0.39, 0.29) is 31.8 Å². The zero-order chi connectivity index (χ0) is 30.9. The smallest absolute Gasteiger partial charge is 0.243 e. The fourth-order valence-corrected chi connectivity index (χ4v) is 4.50. The molecule has 0 saturated carbocycles. The summed E-state index contributed by atoms with van der Waals surface area (Å²) in [6, 6.07) is 5.40. The number of carbonyl (C=O) groups excluding carboxylic acids is 5. The van der Waals surface area contributed by atoms with Gasteiger partial charge in [0.1, 0.15) is 24.2 Å². The van der Waals surface area contributed by atoms with Crippen LogP contribution in [0.4, 0.5) is 0 Å². The second-order valence-corrected chi connectivity index (χ2v) is 10.3. The van der Waals surface area contributed by atoms with Gasteiger partial charge in [0.25, 0.3) is 0 Å². The number of carbonyl (C=O) groups is 5. The van der Waals surface area contributed by atoms with Crippen molar-refractivity contribution < 1.29 is 24.0 Å². The molecule has 5 amide bonds. The monoisotopic (exact) mass is 586 g/mol. The Morgan fingerprint density at radius 2 is 1.40 bits per heavy atom. The van der Waals surface area contributed by atoms with Gasteiger partial charge in [0.15, 0.2) is 5.96 Å². The molecule has 1 aromatic carbocycles. The molecule has 0 aromatic heterocycles. The van der Waals surface area contributed by atoms with E-state index in [1.165, 1.54) is 0 Å². The molecule has 42 heavy (non-hydrogen) atoms. The Morgan fingerprint density at radius 3 is 2.05 bits per heavy atom. The van der Waals surface area contributed by atoms with Crippen LogP contribution in [0.2, 0.25) is 0 Å². The minimum atomic E-state index is -0.996. The summed E-state index contributed by atoms with van der Waals surface area (Å²) in [7, 11) is 1.55. The van der Waals surface area contributed by atoms with Gasteiger partial charge < -0.3 is 37.6 Å². The maximum absolute atomic E-state index is 13.6. The first-order valence-corrected chi connectivity index (χ1v) is 14.7. The maximum atomic E-state index is 13.6. The number of guanidine groups is 1. The second-order valence-electron chi connectivity index (χ2n) is 10.3. The van der Waals surface area contributed by atoms with Crippen molar-refractivity contribution >= 4 is 35.5 Å². The number of hydrogen-bond acceptors (Lipinski definition) is 6. The third-order valence-corrected chi connectivity index (χ3v) is 6.98. The molecule has 0 unspecified atom stereocenters. The van der Waals surface area contributed by atoms with Gasteiger partial charge in [-0.2, -0.15) is 0 Å². The average molecular weight is 587 g/mol. The molecular weight excluding hydrogens is 540 g/mol. The fourth-order valence-electron chi connectivity index (χ4n) is 4.50. The first-order chi connectivity index (χ1) is 20.2. The van der Waals surface area contributed by atoms with E-state index in [9.17, 15) is 24.0 Å². The van der Waals surface area contributed by atoms with Gasteiger partial charge in [-0.3, -0.25) is 29.0 Å². The SMILES string of the molecule is CCCCC[C@@H]1NC(=O)[C@@H](Cc2ccccc2)NC(=O)[C@H](CC)NC(=O)CNC(=O)[C@H](CCCNC(N)=NC)NC1=O. The van der Waals surface area contributed by atoms with Crippen LogP contribution in [0.15, 0.2) is 35.3 Å². The lowest BCUT2D eigenvalue weighted by Crippen LogP contribution is -2.58. The summed E-state index contributed by atoms with van der Waals surface area (Å²) in [5.41, 5.74) is 6.49. The van der Waals surface area contributed by atoms with Crippen molar-refractivity contribution in [2.45, 2.75) is 89.4 Å².